The highest BCUT2D eigenvalue weighted by Gasteiger charge is 2.14. The molecule has 0 amide bonds. The molecule has 0 fully saturated rings. The summed E-state index contributed by atoms with van der Waals surface area (Å²) in [6, 6.07) is 0. The highest BCUT2D eigenvalue weighted by molar-refractivity contribution is 7.09. The van der Waals surface area contributed by atoms with E-state index in [4.69, 9.17) is 45.7 Å². The summed E-state index contributed by atoms with van der Waals surface area (Å²) < 4.78 is 80.0. The normalized spacial score (nSPS) is 10.9. The Bertz CT molecular complexity index is 251. The fourth-order valence-corrected chi connectivity index (χ4v) is 2.14. The minimum absolute atomic E-state index is 1.10. The van der Waals surface area contributed by atoms with Crippen molar-refractivity contribution in [3.8, 4) is 0 Å². The number of halogens is 10. The molecule has 0 radical (unpaired) electrons. The molecule has 0 atom stereocenters. The number of hydrogen-bond donors (Lipinski definition) is 0. The third kappa shape index (κ3) is 13.3. The first-order valence-corrected chi connectivity index (χ1v) is 5.05. The topological polar surface area (TPSA) is 16.1 Å². The second-order valence-electron chi connectivity index (χ2n) is 2.71. The molecule has 0 N–H and O–H groups in total. The number of aromatic nitrogens is 1. The molecular weight excluding hydrogens is 334 g/mol. The lowest BCUT2D eigenvalue weighted by atomic mass is 10.2. The van der Waals surface area contributed by atoms with Gasteiger partial charge >= 0.3 is 0 Å². The Morgan fingerprint density at radius 2 is 1.40 bits per heavy atom. The average Bonchev–Trinajstić information content (AvgIpc) is 3.04. The number of thiazole rings is 1. The SMILES string of the molecule is CN1CCc2ncsc2C1.FF.FF.FF.FF.FF. The summed E-state index contributed by atoms with van der Waals surface area (Å²) in [4.78, 5) is 8.07. The van der Waals surface area contributed by atoms with Gasteiger partial charge in [-0.25, -0.2) is 4.98 Å². The van der Waals surface area contributed by atoms with Crippen LogP contribution in [-0.2, 0) is 13.0 Å². The molecule has 2 heterocycles. The summed E-state index contributed by atoms with van der Waals surface area (Å²) >= 11 is 1.78. The van der Waals surface area contributed by atoms with Gasteiger partial charge in [0.1, 0.15) is 0 Å². The van der Waals surface area contributed by atoms with Crippen molar-refractivity contribution in [3.05, 3.63) is 16.1 Å². The average molecular weight is 344 g/mol. The monoisotopic (exact) mass is 344 g/mol. The lowest BCUT2D eigenvalue weighted by Gasteiger charge is -2.20. The van der Waals surface area contributed by atoms with Crippen molar-refractivity contribution in [2.75, 3.05) is 13.6 Å². The fraction of sp³-hybridized carbons (Fsp3) is 0.571. The first kappa shape index (κ1) is 27.3. The van der Waals surface area contributed by atoms with Gasteiger partial charge in [0.05, 0.1) is 11.2 Å². The third-order valence-electron chi connectivity index (χ3n) is 1.87. The predicted molar refractivity (Wildman–Crippen MR) is 53.2 cm³/mol. The van der Waals surface area contributed by atoms with Crippen LogP contribution in [0.1, 0.15) is 10.6 Å². The minimum atomic E-state index is 1.10. The van der Waals surface area contributed by atoms with E-state index >= 15 is 0 Å². The van der Waals surface area contributed by atoms with Crippen LogP contribution in [0.4, 0.5) is 45.7 Å². The number of hydrogen-bond acceptors (Lipinski definition) is 3. The summed E-state index contributed by atoms with van der Waals surface area (Å²) in [7, 11) is 2.16. The summed E-state index contributed by atoms with van der Waals surface area (Å²) in [6.45, 7) is 2.26. The number of rotatable bonds is 0. The lowest BCUT2D eigenvalue weighted by molar-refractivity contribution is 0.108. The van der Waals surface area contributed by atoms with E-state index in [2.05, 4.69) is 16.9 Å². The molecule has 0 aliphatic carbocycles. The largest absolute Gasteiger partial charge is 0.301 e. The fourth-order valence-electron chi connectivity index (χ4n) is 1.25. The molecule has 1 aliphatic heterocycles. The number of fused-ring (bicyclic) bond motifs is 1. The van der Waals surface area contributed by atoms with Gasteiger partial charge in [-0.3, -0.25) is 0 Å². The van der Waals surface area contributed by atoms with Crippen molar-refractivity contribution >= 4 is 11.3 Å². The van der Waals surface area contributed by atoms with Crippen molar-refractivity contribution < 1.29 is 45.7 Å². The van der Waals surface area contributed by atoms with Crippen molar-refractivity contribution in [1.29, 1.82) is 0 Å². The van der Waals surface area contributed by atoms with Crippen molar-refractivity contribution in [2.45, 2.75) is 13.0 Å². The van der Waals surface area contributed by atoms with Crippen LogP contribution in [0.25, 0.3) is 0 Å². The molecule has 0 bridgehead atoms. The Balaban J connectivity index is -0.000000110. The Morgan fingerprint density at radius 3 is 1.85 bits per heavy atom. The predicted octanol–water partition coefficient (Wildman–Crippen LogP) is 5.33. The Hall–Kier alpha value is -1.11. The maximum atomic E-state index is 8.00. The Morgan fingerprint density at radius 1 is 0.950 bits per heavy atom. The summed E-state index contributed by atoms with van der Waals surface area (Å²) in [5.41, 5.74) is 3.27. The molecule has 124 valence electrons. The van der Waals surface area contributed by atoms with Gasteiger partial charge in [0.15, 0.2) is 0 Å². The maximum Gasteiger partial charge on any atom is 0.0798 e. The van der Waals surface area contributed by atoms with E-state index in [1.54, 1.807) is 11.3 Å². The van der Waals surface area contributed by atoms with Gasteiger partial charge in [-0.2, -0.15) is 0 Å². The summed E-state index contributed by atoms with van der Waals surface area (Å²) in [5.74, 6) is 0. The van der Waals surface area contributed by atoms with Crippen LogP contribution in [-0.4, -0.2) is 23.5 Å². The number of likely N-dealkylation sites (N-methyl/N-ethyl adjacent to an activating group) is 1. The molecular formula is C7H10F10N2S. The summed E-state index contributed by atoms with van der Waals surface area (Å²) in [6.07, 6.45) is 1.13. The zero-order valence-electron chi connectivity index (χ0n) is 9.78. The molecule has 0 spiro atoms. The highest BCUT2D eigenvalue weighted by Crippen LogP contribution is 2.19. The van der Waals surface area contributed by atoms with Crippen LogP contribution < -0.4 is 0 Å². The van der Waals surface area contributed by atoms with Gasteiger partial charge in [-0.1, -0.05) is 0 Å². The quantitative estimate of drug-likeness (QED) is 0.591. The molecule has 1 aromatic heterocycles. The van der Waals surface area contributed by atoms with Crippen LogP contribution in [0.2, 0.25) is 0 Å². The highest BCUT2D eigenvalue weighted by atomic mass is 32.1. The Kier molecular flexibility index (Phi) is 36.1. The first-order chi connectivity index (χ1) is 9.86. The molecule has 1 aromatic rings. The van der Waals surface area contributed by atoms with Crippen molar-refractivity contribution in [1.82, 2.24) is 9.88 Å². The molecule has 13 heteroatoms. The number of nitrogens with zero attached hydrogens (tertiary/aromatic N) is 2. The van der Waals surface area contributed by atoms with Crippen LogP contribution in [0.5, 0.6) is 0 Å². The van der Waals surface area contributed by atoms with Crippen LogP contribution in [0.15, 0.2) is 5.51 Å². The molecule has 2 rings (SSSR count). The molecule has 0 saturated heterocycles. The van der Waals surface area contributed by atoms with Crippen molar-refractivity contribution in [3.63, 3.8) is 0 Å². The summed E-state index contributed by atoms with van der Waals surface area (Å²) in [5, 5.41) is 0. The molecule has 0 aromatic carbocycles. The smallest absolute Gasteiger partial charge is 0.0798 e. The van der Waals surface area contributed by atoms with Crippen LogP contribution >= 0.6 is 11.3 Å². The molecule has 0 unspecified atom stereocenters. The van der Waals surface area contributed by atoms with E-state index < -0.39 is 0 Å². The van der Waals surface area contributed by atoms with E-state index in [1.165, 1.54) is 10.6 Å². The third-order valence-corrected chi connectivity index (χ3v) is 2.73. The van der Waals surface area contributed by atoms with Crippen LogP contribution in [0, 0.1) is 0 Å². The molecule has 1 aliphatic rings. The van der Waals surface area contributed by atoms with E-state index in [0.717, 1.165) is 19.5 Å². The van der Waals surface area contributed by atoms with Gasteiger partial charge in [-0.05, 0) is 7.05 Å². The lowest BCUT2D eigenvalue weighted by Crippen LogP contribution is -2.25. The minimum Gasteiger partial charge on any atom is -0.301 e. The second kappa shape index (κ2) is 26.5. The van der Waals surface area contributed by atoms with Gasteiger partial charge in [-0.15, -0.1) is 11.3 Å². The maximum absolute atomic E-state index is 8.00. The zero-order valence-corrected chi connectivity index (χ0v) is 10.6. The van der Waals surface area contributed by atoms with Crippen LogP contribution in [0.3, 0.4) is 0 Å². The van der Waals surface area contributed by atoms with Gasteiger partial charge in [0, 0.05) is 70.1 Å². The Labute approximate surface area is 110 Å². The van der Waals surface area contributed by atoms with E-state index in [0.29, 0.717) is 0 Å². The zero-order chi connectivity index (χ0) is 17.0. The van der Waals surface area contributed by atoms with Gasteiger partial charge < -0.3 is 4.90 Å². The van der Waals surface area contributed by atoms with E-state index in [1.807, 2.05) is 5.51 Å². The molecule has 0 saturated carbocycles. The second-order valence-corrected chi connectivity index (χ2v) is 3.65. The first-order valence-electron chi connectivity index (χ1n) is 4.17. The van der Waals surface area contributed by atoms with Gasteiger partial charge in [0.2, 0.25) is 0 Å². The van der Waals surface area contributed by atoms with E-state index in [9.17, 15) is 0 Å². The molecule has 2 nitrogen and oxygen atoms in total. The van der Waals surface area contributed by atoms with Crippen molar-refractivity contribution in [2.24, 2.45) is 0 Å². The molecule has 20 heavy (non-hydrogen) atoms. The standard InChI is InChI=1S/C7H10N2S.5F2/c1-9-3-2-6-7(4-9)10-5-8-6;5*1-2/h5H,2-4H2,1H3;;;;;. The van der Waals surface area contributed by atoms with Gasteiger partial charge in [0.25, 0.3) is 0 Å². The van der Waals surface area contributed by atoms with E-state index in [-0.39, 0.29) is 0 Å².